The summed E-state index contributed by atoms with van der Waals surface area (Å²) in [4.78, 5) is 0. The van der Waals surface area contributed by atoms with Crippen molar-refractivity contribution in [3.8, 4) is 0 Å². The SMILES string of the molecule is CCc1nn(C)c(CNC2CCCCC2)c1Br. The van der Waals surface area contributed by atoms with Gasteiger partial charge in [0, 0.05) is 19.6 Å². The minimum absolute atomic E-state index is 0.704. The van der Waals surface area contributed by atoms with Crippen molar-refractivity contribution in [2.75, 3.05) is 0 Å². The molecule has 0 bridgehead atoms. The topological polar surface area (TPSA) is 29.9 Å². The quantitative estimate of drug-likeness (QED) is 0.925. The highest BCUT2D eigenvalue weighted by Gasteiger charge is 2.16. The molecule has 2 rings (SSSR count). The Morgan fingerprint density at radius 1 is 1.35 bits per heavy atom. The summed E-state index contributed by atoms with van der Waals surface area (Å²) in [6, 6.07) is 0.704. The van der Waals surface area contributed by atoms with Crippen LogP contribution in [0.15, 0.2) is 4.47 Å². The standard InChI is InChI=1S/C13H22BrN3/c1-3-11-13(14)12(17(2)16-11)9-15-10-7-5-4-6-8-10/h10,15H,3-9H2,1-2H3. The highest BCUT2D eigenvalue weighted by Crippen LogP contribution is 2.23. The molecule has 0 radical (unpaired) electrons. The molecule has 1 heterocycles. The molecular formula is C13H22BrN3. The van der Waals surface area contributed by atoms with Crippen LogP contribution in [0.1, 0.15) is 50.4 Å². The fourth-order valence-corrected chi connectivity index (χ4v) is 3.32. The number of nitrogens with one attached hydrogen (secondary N) is 1. The van der Waals surface area contributed by atoms with Crippen molar-refractivity contribution >= 4 is 15.9 Å². The molecule has 1 aromatic rings. The minimum atomic E-state index is 0.704. The monoisotopic (exact) mass is 299 g/mol. The van der Waals surface area contributed by atoms with Gasteiger partial charge in [-0.1, -0.05) is 26.2 Å². The zero-order chi connectivity index (χ0) is 12.3. The van der Waals surface area contributed by atoms with Gasteiger partial charge in [-0.3, -0.25) is 4.68 Å². The van der Waals surface area contributed by atoms with Crippen molar-refractivity contribution in [1.29, 1.82) is 0 Å². The molecule has 17 heavy (non-hydrogen) atoms. The fraction of sp³-hybridized carbons (Fsp3) is 0.769. The van der Waals surface area contributed by atoms with E-state index in [0.29, 0.717) is 6.04 Å². The van der Waals surface area contributed by atoms with Crippen LogP contribution < -0.4 is 5.32 Å². The molecule has 1 aliphatic rings. The van der Waals surface area contributed by atoms with Crippen LogP contribution in [0.3, 0.4) is 0 Å². The Labute approximate surface area is 112 Å². The van der Waals surface area contributed by atoms with Crippen molar-refractivity contribution in [1.82, 2.24) is 15.1 Å². The predicted molar refractivity (Wildman–Crippen MR) is 74.0 cm³/mol. The molecule has 1 N–H and O–H groups in total. The first-order chi connectivity index (χ1) is 8.22. The molecule has 1 saturated carbocycles. The first-order valence-corrected chi connectivity index (χ1v) is 7.45. The summed E-state index contributed by atoms with van der Waals surface area (Å²) in [6.07, 6.45) is 7.81. The number of halogens is 1. The van der Waals surface area contributed by atoms with Gasteiger partial charge < -0.3 is 5.32 Å². The van der Waals surface area contributed by atoms with Crippen LogP contribution in [0.4, 0.5) is 0 Å². The Morgan fingerprint density at radius 3 is 2.65 bits per heavy atom. The second-order valence-electron chi connectivity index (χ2n) is 4.90. The summed E-state index contributed by atoms with van der Waals surface area (Å²) in [6.45, 7) is 3.07. The summed E-state index contributed by atoms with van der Waals surface area (Å²) < 4.78 is 3.18. The molecule has 1 fully saturated rings. The second kappa shape index (κ2) is 6.01. The smallest absolute Gasteiger partial charge is 0.0767 e. The average molecular weight is 300 g/mol. The number of aromatic nitrogens is 2. The van der Waals surface area contributed by atoms with E-state index in [4.69, 9.17) is 0 Å². The van der Waals surface area contributed by atoms with Gasteiger partial charge in [0.1, 0.15) is 0 Å². The van der Waals surface area contributed by atoms with Crippen LogP contribution in [0.2, 0.25) is 0 Å². The molecule has 0 aliphatic heterocycles. The largest absolute Gasteiger partial charge is 0.308 e. The van der Waals surface area contributed by atoms with Crippen molar-refractivity contribution in [3.63, 3.8) is 0 Å². The van der Waals surface area contributed by atoms with E-state index in [1.807, 2.05) is 11.7 Å². The zero-order valence-corrected chi connectivity index (χ0v) is 12.4. The van der Waals surface area contributed by atoms with Crippen LogP contribution in [0.25, 0.3) is 0 Å². The fourth-order valence-electron chi connectivity index (χ4n) is 2.56. The van der Waals surface area contributed by atoms with Gasteiger partial charge in [-0.15, -0.1) is 0 Å². The van der Waals surface area contributed by atoms with Gasteiger partial charge in [-0.25, -0.2) is 0 Å². The first kappa shape index (κ1) is 13.1. The van der Waals surface area contributed by atoms with Gasteiger partial charge in [0.2, 0.25) is 0 Å². The summed E-state index contributed by atoms with van der Waals surface area (Å²) in [7, 11) is 2.03. The maximum absolute atomic E-state index is 4.52. The van der Waals surface area contributed by atoms with E-state index in [9.17, 15) is 0 Å². The van der Waals surface area contributed by atoms with Gasteiger partial charge in [0.25, 0.3) is 0 Å². The third-order valence-corrected chi connectivity index (χ3v) is 4.58. The Hall–Kier alpha value is -0.350. The Balaban J connectivity index is 1.95. The lowest BCUT2D eigenvalue weighted by atomic mass is 9.95. The average Bonchev–Trinajstić information content (AvgIpc) is 2.63. The predicted octanol–water partition coefficient (Wildman–Crippen LogP) is 3.17. The van der Waals surface area contributed by atoms with Gasteiger partial charge in [0.05, 0.1) is 15.9 Å². The lowest BCUT2D eigenvalue weighted by molar-refractivity contribution is 0.368. The van der Waals surface area contributed by atoms with Crippen molar-refractivity contribution in [2.45, 2.75) is 58.0 Å². The lowest BCUT2D eigenvalue weighted by Crippen LogP contribution is -2.31. The number of rotatable bonds is 4. The normalized spacial score (nSPS) is 17.6. The van der Waals surface area contributed by atoms with E-state index in [1.54, 1.807) is 0 Å². The number of hydrogen-bond acceptors (Lipinski definition) is 2. The number of hydrogen-bond donors (Lipinski definition) is 1. The van der Waals surface area contributed by atoms with Gasteiger partial charge in [0.15, 0.2) is 0 Å². The van der Waals surface area contributed by atoms with E-state index in [1.165, 1.54) is 42.3 Å². The van der Waals surface area contributed by atoms with E-state index in [2.05, 4.69) is 33.3 Å². The van der Waals surface area contributed by atoms with Crippen LogP contribution in [0, 0.1) is 0 Å². The Bertz CT molecular complexity index is 367. The number of aryl methyl sites for hydroxylation is 2. The molecular weight excluding hydrogens is 278 g/mol. The molecule has 96 valence electrons. The van der Waals surface area contributed by atoms with Crippen LogP contribution in [-0.2, 0) is 20.0 Å². The molecule has 0 aromatic carbocycles. The van der Waals surface area contributed by atoms with Gasteiger partial charge in [-0.05, 0) is 35.2 Å². The summed E-state index contributed by atoms with van der Waals surface area (Å²) in [5.74, 6) is 0. The summed E-state index contributed by atoms with van der Waals surface area (Å²) >= 11 is 3.66. The molecule has 3 nitrogen and oxygen atoms in total. The maximum Gasteiger partial charge on any atom is 0.0767 e. The Kier molecular flexibility index (Phi) is 4.62. The Morgan fingerprint density at radius 2 is 2.06 bits per heavy atom. The first-order valence-electron chi connectivity index (χ1n) is 6.66. The van der Waals surface area contributed by atoms with Crippen molar-refractivity contribution in [2.24, 2.45) is 7.05 Å². The van der Waals surface area contributed by atoms with E-state index >= 15 is 0 Å². The second-order valence-corrected chi connectivity index (χ2v) is 5.69. The van der Waals surface area contributed by atoms with Crippen molar-refractivity contribution < 1.29 is 0 Å². The summed E-state index contributed by atoms with van der Waals surface area (Å²) in [5.41, 5.74) is 2.43. The van der Waals surface area contributed by atoms with E-state index < -0.39 is 0 Å². The summed E-state index contributed by atoms with van der Waals surface area (Å²) in [5, 5.41) is 8.19. The zero-order valence-electron chi connectivity index (χ0n) is 10.8. The number of nitrogens with zero attached hydrogens (tertiary/aromatic N) is 2. The molecule has 1 aromatic heterocycles. The van der Waals surface area contributed by atoms with Crippen LogP contribution >= 0.6 is 15.9 Å². The minimum Gasteiger partial charge on any atom is -0.308 e. The highest BCUT2D eigenvalue weighted by molar-refractivity contribution is 9.10. The van der Waals surface area contributed by atoms with Crippen LogP contribution in [0.5, 0.6) is 0 Å². The molecule has 1 aliphatic carbocycles. The van der Waals surface area contributed by atoms with Gasteiger partial charge in [-0.2, -0.15) is 5.10 Å². The lowest BCUT2D eigenvalue weighted by Gasteiger charge is -2.22. The maximum atomic E-state index is 4.52. The molecule has 0 saturated heterocycles. The van der Waals surface area contributed by atoms with E-state index in [0.717, 1.165) is 18.7 Å². The molecule has 0 amide bonds. The van der Waals surface area contributed by atoms with Gasteiger partial charge >= 0.3 is 0 Å². The molecule has 4 heteroatoms. The third-order valence-electron chi connectivity index (χ3n) is 3.67. The molecule has 0 spiro atoms. The van der Waals surface area contributed by atoms with Crippen molar-refractivity contribution in [3.05, 3.63) is 15.9 Å². The van der Waals surface area contributed by atoms with E-state index in [-0.39, 0.29) is 0 Å². The highest BCUT2D eigenvalue weighted by atomic mass is 79.9. The third kappa shape index (κ3) is 3.10. The van der Waals surface area contributed by atoms with Crippen LogP contribution in [-0.4, -0.2) is 15.8 Å². The molecule has 0 atom stereocenters. The molecule has 0 unspecified atom stereocenters.